The fraction of sp³-hybridized carbons (Fsp3) is 0.773. The number of fused-ring (bicyclic) bond motifs is 1. The molecule has 2 aliphatic rings. The number of esters is 1. The van der Waals surface area contributed by atoms with E-state index in [1.807, 2.05) is 0 Å². The molecule has 4 unspecified atom stereocenters. The fourth-order valence-corrected chi connectivity index (χ4v) is 5.49. The van der Waals surface area contributed by atoms with Crippen molar-refractivity contribution in [2.45, 2.75) is 79.6 Å². The molecule has 0 radical (unpaired) electrons. The highest BCUT2D eigenvalue weighted by Crippen LogP contribution is 2.65. The smallest absolute Gasteiger partial charge is 0.302 e. The molecule has 0 aromatic carbocycles. The van der Waals surface area contributed by atoms with Crippen LogP contribution in [0.2, 0.25) is 0 Å². The molecule has 2 saturated carbocycles. The van der Waals surface area contributed by atoms with Gasteiger partial charge in [0.1, 0.15) is 6.61 Å². The SMILES string of the molecule is C=C(C)C12CCCC1C(C)(CC/C(C)=C/COC(C)=O)C(C)CC2. The Labute approximate surface area is 148 Å². The van der Waals surface area contributed by atoms with Crippen LogP contribution in [0.15, 0.2) is 23.8 Å². The lowest BCUT2D eigenvalue weighted by molar-refractivity contribution is -0.139. The van der Waals surface area contributed by atoms with Crippen molar-refractivity contribution in [3.05, 3.63) is 23.8 Å². The lowest BCUT2D eigenvalue weighted by atomic mass is 9.50. The number of hydrogen-bond acceptors (Lipinski definition) is 2. The Kier molecular flexibility index (Phi) is 5.99. The third-order valence-electron chi connectivity index (χ3n) is 7.35. The van der Waals surface area contributed by atoms with E-state index < -0.39 is 0 Å². The van der Waals surface area contributed by atoms with Crippen molar-refractivity contribution >= 4 is 5.97 Å². The molecule has 2 aliphatic carbocycles. The van der Waals surface area contributed by atoms with Crippen molar-refractivity contribution in [1.29, 1.82) is 0 Å². The Hall–Kier alpha value is -1.05. The maximum absolute atomic E-state index is 10.9. The van der Waals surface area contributed by atoms with Crippen molar-refractivity contribution in [1.82, 2.24) is 0 Å². The maximum atomic E-state index is 10.9. The lowest BCUT2D eigenvalue weighted by Crippen LogP contribution is -2.47. The third kappa shape index (κ3) is 3.63. The molecule has 2 rings (SSSR count). The van der Waals surface area contributed by atoms with Gasteiger partial charge < -0.3 is 4.74 Å². The molecule has 0 aromatic heterocycles. The standard InChI is InChI=1S/C22H36O2/c1-16(2)22-12-7-8-20(22)21(6,18(4)10-14-22)13-9-17(3)11-15-24-19(5)23/h11,18,20H,1,7-10,12-15H2,2-6H3/b17-11+. The quantitative estimate of drug-likeness (QED) is 0.435. The molecule has 2 nitrogen and oxygen atoms in total. The van der Waals surface area contributed by atoms with E-state index in [9.17, 15) is 4.79 Å². The minimum atomic E-state index is -0.205. The van der Waals surface area contributed by atoms with Crippen LogP contribution in [0.1, 0.15) is 79.6 Å². The highest BCUT2D eigenvalue weighted by atomic mass is 16.5. The highest BCUT2D eigenvalue weighted by molar-refractivity contribution is 5.66. The van der Waals surface area contributed by atoms with E-state index in [4.69, 9.17) is 4.74 Å². The van der Waals surface area contributed by atoms with Gasteiger partial charge in [-0.2, -0.15) is 0 Å². The molecule has 0 saturated heterocycles. The number of rotatable bonds is 6. The summed E-state index contributed by atoms with van der Waals surface area (Å²) in [5, 5.41) is 0. The monoisotopic (exact) mass is 332 g/mol. The molecular weight excluding hydrogens is 296 g/mol. The molecule has 24 heavy (non-hydrogen) atoms. The number of carbonyl (C=O) groups is 1. The second-order valence-corrected chi connectivity index (χ2v) is 8.68. The topological polar surface area (TPSA) is 26.3 Å². The fourth-order valence-electron chi connectivity index (χ4n) is 5.49. The van der Waals surface area contributed by atoms with Crippen LogP contribution < -0.4 is 0 Å². The highest BCUT2D eigenvalue weighted by Gasteiger charge is 2.56. The van der Waals surface area contributed by atoms with E-state index in [-0.39, 0.29) is 5.97 Å². The number of hydrogen-bond donors (Lipinski definition) is 0. The molecule has 2 heteroatoms. The van der Waals surface area contributed by atoms with Crippen LogP contribution in [0.3, 0.4) is 0 Å². The largest absolute Gasteiger partial charge is 0.462 e. The summed E-state index contributed by atoms with van der Waals surface area (Å²) in [7, 11) is 0. The van der Waals surface area contributed by atoms with E-state index in [1.165, 1.54) is 56.6 Å². The van der Waals surface area contributed by atoms with Crippen LogP contribution >= 0.6 is 0 Å². The van der Waals surface area contributed by atoms with Gasteiger partial charge in [0.2, 0.25) is 0 Å². The van der Waals surface area contributed by atoms with Crippen molar-refractivity contribution < 1.29 is 9.53 Å². The third-order valence-corrected chi connectivity index (χ3v) is 7.35. The minimum Gasteiger partial charge on any atom is -0.462 e. The Morgan fingerprint density at radius 3 is 2.58 bits per heavy atom. The molecule has 4 atom stereocenters. The van der Waals surface area contributed by atoms with E-state index in [0.29, 0.717) is 17.4 Å². The molecule has 0 bridgehead atoms. The van der Waals surface area contributed by atoms with E-state index >= 15 is 0 Å². The first-order chi connectivity index (χ1) is 11.2. The van der Waals surface area contributed by atoms with E-state index in [2.05, 4.69) is 40.3 Å². The van der Waals surface area contributed by atoms with Crippen LogP contribution in [0.25, 0.3) is 0 Å². The zero-order chi connectivity index (χ0) is 18.0. The Morgan fingerprint density at radius 2 is 1.96 bits per heavy atom. The lowest BCUT2D eigenvalue weighted by Gasteiger charge is -2.55. The van der Waals surface area contributed by atoms with Crippen molar-refractivity contribution in [2.75, 3.05) is 6.61 Å². The zero-order valence-electron chi connectivity index (χ0n) is 16.4. The van der Waals surface area contributed by atoms with Crippen molar-refractivity contribution in [2.24, 2.45) is 22.7 Å². The molecule has 0 aliphatic heterocycles. The van der Waals surface area contributed by atoms with Gasteiger partial charge in [-0.1, -0.05) is 38.0 Å². The summed E-state index contributed by atoms with van der Waals surface area (Å²) in [5.74, 6) is 1.35. The summed E-state index contributed by atoms with van der Waals surface area (Å²) in [4.78, 5) is 10.9. The Morgan fingerprint density at radius 1 is 1.25 bits per heavy atom. The zero-order valence-corrected chi connectivity index (χ0v) is 16.4. The summed E-state index contributed by atoms with van der Waals surface area (Å²) < 4.78 is 5.04. The van der Waals surface area contributed by atoms with Crippen LogP contribution in [0.4, 0.5) is 0 Å². The van der Waals surface area contributed by atoms with Gasteiger partial charge in [-0.3, -0.25) is 4.79 Å². The molecule has 136 valence electrons. The van der Waals surface area contributed by atoms with Gasteiger partial charge in [0.15, 0.2) is 0 Å². The average Bonchev–Trinajstić information content (AvgIpc) is 2.96. The average molecular weight is 333 g/mol. The van der Waals surface area contributed by atoms with Crippen LogP contribution in [-0.2, 0) is 9.53 Å². The summed E-state index contributed by atoms with van der Waals surface area (Å²) in [6.07, 6.45) is 11.1. The van der Waals surface area contributed by atoms with Crippen LogP contribution in [0.5, 0.6) is 0 Å². The molecule has 0 amide bonds. The molecule has 0 N–H and O–H groups in total. The van der Waals surface area contributed by atoms with Gasteiger partial charge in [-0.25, -0.2) is 0 Å². The van der Waals surface area contributed by atoms with E-state index in [1.54, 1.807) is 0 Å². The molecule has 0 aromatic rings. The maximum Gasteiger partial charge on any atom is 0.302 e. The summed E-state index contributed by atoms with van der Waals surface area (Å²) >= 11 is 0. The van der Waals surface area contributed by atoms with Crippen molar-refractivity contribution in [3.63, 3.8) is 0 Å². The van der Waals surface area contributed by atoms with Crippen LogP contribution in [0, 0.1) is 22.7 Å². The van der Waals surface area contributed by atoms with Gasteiger partial charge in [0, 0.05) is 6.92 Å². The van der Waals surface area contributed by atoms with Gasteiger partial charge >= 0.3 is 5.97 Å². The number of ether oxygens (including phenoxy) is 1. The second kappa shape index (κ2) is 7.45. The summed E-state index contributed by atoms with van der Waals surface area (Å²) in [6, 6.07) is 0. The summed E-state index contributed by atoms with van der Waals surface area (Å²) in [6.45, 7) is 15.7. The first-order valence-corrected chi connectivity index (χ1v) is 9.67. The van der Waals surface area contributed by atoms with E-state index in [0.717, 1.165) is 18.3 Å². The first-order valence-electron chi connectivity index (χ1n) is 9.67. The predicted molar refractivity (Wildman–Crippen MR) is 101 cm³/mol. The van der Waals surface area contributed by atoms with Gasteiger partial charge in [-0.15, -0.1) is 0 Å². The number of allylic oxidation sites excluding steroid dienone is 2. The number of carbonyl (C=O) groups excluding carboxylic acids is 1. The van der Waals surface area contributed by atoms with Gasteiger partial charge in [-0.05, 0) is 81.1 Å². The van der Waals surface area contributed by atoms with Gasteiger partial charge in [0.05, 0.1) is 0 Å². The molecule has 0 heterocycles. The van der Waals surface area contributed by atoms with Crippen molar-refractivity contribution in [3.8, 4) is 0 Å². The normalized spacial score (nSPS) is 36.3. The first kappa shape index (κ1) is 19.3. The molecule has 0 spiro atoms. The van der Waals surface area contributed by atoms with Gasteiger partial charge in [0.25, 0.3) is 0 Å². The Balaban J connectivity index is 2.08. The molecular formula is C22H36O2. The second-order valence-electron chi connectivity index (χ2n) is 8.68. The molecule has 2 fully saturated rings. The minimum absolute atomic E-state index is 0.205. The summed E-state index contributed by atoms with van der Waals surface area (Å²) in [5.41, 5.74) is 3.56. The predicted octanol–water partition coefficient (Wildman–Crippen LogP) is 6.07. The Bertz CT molecular complexity index is 518. The van der Waals surface area contributed by atoms with Crippen LogP contribution in [-0.4, -0.2) is 12.6 Å².